The predicted molar refractivity (Wildman–Crippen MR) is 50.1 cm³/mol. The predicted octanol–water partition coefficient (Wildman–Crippen LogP) is -4.38. The summed E-state index contributed by atoms with van der Waals surface area (Å²) < 4.78 is 0. The van der Waals surface area contributed by atoms with E-state index in [1.807, 2.05) is 0 Å². The van der Waals surface area contributed by atoms with Crippen molar-refractivity contribution in [3.8, 4) is 0 Å². The van der Waals surface area contributed by atoms with Gasteiger partial charge in [0.25, 0.3) is 0 Å². The molecule has 0 saturated heterocycles. The number of aliphatic hydroxyl groups excluding tert-OH is 4. The van der Waals surface area contributed by atoms with Gasteiger partial charge in [0.15, 0.2) is 12.2 Å². The molecule has 0 aromatic rings. The van der Waals surface area contributed by atoms with Gasteiger partial charge in [-0.3, -0.25) is 20.2 Å². The van der Waals surface area contributed by atoms with Gasteiger partial charge in [-0.25, -0.2) is 0 Å². The van der Waals surface area contributed by atoms with E-state index in [4.69, 9.17) is 10.2 Å². The maximum absolute atomic E-state index is 10.4. The van der Waals surface area contributed by atoms with E-state index in [0.29, 0.717) is 0 Å². The molecule has 18 heavy (non-hydrogen) atoms. The summed E-state index contributed by atoms with van der Waals surface area (Å²) in [7, 11) is 0. The zero-order valence-corrected chi connectivity index (χ0v) is 8.78. The van der Waals surface area contributed by atoms with Crippen molar-refractivity contribution in [1.82, 2.24) is 0 Å². The molecule has 0 aromatic heterocycles. The third-order valence-corrected chi connectivity index (χ3v) is 2.34. The molecular weight excluding hydrogens is 260 g/mol. The maximum Gasteiger partial charge on any atom is 0.374 e. The van der Waals surface area contributed by atoms with E-state index < -0.39 is 46.7 Å². The Balaban J connectivity index is 5.38. The molecule has 0 rings (SSSR count). The molecule has 0 saturated carbocycles. The Morgan fingerprint density at radius 3 is 1.22 bits per heavy atom. The lowest BCUT2D eigenvalue weighted by molar-refractivity contribution is -0.669. The summed E-state index contributed by atoms with van der Waals surface area (Å²) in [6.07, 6.45) is -5.83. The Morgan fingerprint density at radius 2 is 1.11 bits per heavy atom. The number of nitrogens with zero attached hydrogens (tertiary/aromatic N) is 2. The van der Waals surface area contributed by atoms with Crippen molar-refractivity contribution in [1.29, 1.82) is 0 Å². The molecule has 0 radical (unpaired) electrons. The van der Waals surface area contributed by atoms with Crippen molar-refractivity contribution < 1.29 is 40.5 Å². The van der Waals surface area contributed by atoms with E-state index in [-0.39, 0.29) is 0 Å². The van der Waals surface area contributed by atoms with Crippen molar-refractivity contribution >= 4 is 0 Å². The largest absolute Gasteiger partial charge is 0.386 e. The van der Waals surface area contributed by atoms with Crippen LogP contribution in [0.5, 0.6) is 0 Å². The van der Waals surface area contributed by atoms with E-state index in [9.17, 15) is 40.7 Å². The van der Waals surface area contributed by atoms with Crippen LogP contribution in [0.1, 0.15) is 0 Å². The second-order valence-corrected chi connectivity index (χ2v) is 3.48. The molecule has 6 N–H and O–H groups in total. The van der Waals surface area contributed by atoms with Gasteiger partial charge < -0.3 is 30.6 Å². The molecule has 12 heteroatoms. The highest BCUT2D eigenvalue weighted by Crippen LogP contribution is 2.22. The number of rotatable bonds is 7. The van der Waals surface area contributed by atoms with Crippen LogP contribution in [0.4, 0.5) is 0 Å². The number of hydrogen-bond donors (Lipinski definition) is 6. The van der Waals surface area contributed by atoms with Crippen LogP contribution < -0.4 is 0 Å². The molecule has 0 unspecified atom stereocenters. The molecule has 4 atom stereocenters. The highest BCUT2D eigenvalue weighted by Gasteiger charge is 2.61. The molecule has 0 aliphatic rings. The lowest BCUT2D eigenvalue weighted by Gasteiger charge is -2.30. The first kappa shape index (κ1) is 16.6. The lowest BCUT2D eigenvalue weighted by atomic mass is 9.95. The normalized spacial score (nSPS) is 21.4. The molecule has 0 aromatic carbocycles. The van der Waals surface area contributed by atoms with Crippen LogP contribution in [0, 0.1) is 20.2 Å². The molecule has 12 nitrogen and oxygen atoms in total. The van der Waals surface area contributed by atoms with E-state index in [2.05, 4.69) is 0 Å². The average Bonchev–Trinajstić information content (AvgIpc) is 2.34. The summed E-state index contributed by atoms with van der Waals surface area (Å²) in [6, 6.07) is 0. The topological polar surface area (TPSA) is 208 Å². The minimum Gasteiger partial charge on any atom is -0.386 e. The zero-order chi connectivity index (χ0) is 14.7. The van der Waals surface area contributed by atoms with Gasteiger partial charge in [-0.1, -0.05) is 0 Å². The summed E-state index contributed by atoms with van der Waals surface area (Å²) in [5, 5.41) is 74.8. The van der Waals surface area contributed by atoms with Crippen molar-refractivity contribution in [3.63, 3.8) is 0 Å². The van der Waals surface area contributed by atoms with Crippen LogP contribution in [-0.2, 0) is 0 Å². The Labute approximate surface area is 98.6 Å². The summed E-state index contributed by atoms with van der Waals surface area (Å²) in [5.74, 6) is 0. The molecule has 0 spiro atoms. The number of aliphatic hydroxyl groups is 6. The first-order valence-electron chi connectivity index (χ1n) is 4.39. The van der Waals surface area contributed by atoms with Crippen LogP contribution in [-0.4, -0.2) is 77.4 Å². The van der Waals surface area contributed by atoms with Gasteiger partial charge in [0, 0.05) is 0 Å². The minimum atomic E-state index is -3.53. The number of nitro groups is 2. The van der Waals surface area contributed by atoms with Gasteiger partial charge in [0.2, 0.25) is 0 Å². The van der Waals surface area contributed by atoms with Gasteiger partial charge in [0.05, 0.1) is 9.85 Å². The van der Waals surface area contributed by atoms with Gasteiger partial charge in [-0.2, -0.15) is 0 Å². The maximum atomic E-state index is 10.4. The van der Waals surface area contributed by atoms with Crippen molar-refractivity contribution in [2.45, 2.75) is 23.7 Å². The zero-order valence-electron chi connectivity index (χ0n) is 8.78. The van der Waals surface area contributed by atoms with E-state index in [0.717, 1.165) is 0 Å². The molecule has 0 aliphatic carbocycles. The average molecular weight is 272 g/mol. The van der Waals surface area contributed by atoms with Gasteiger partial charge >= 0.3 is 11.4 Å². The smallest absolute Gasteiger partial charge is 0.374 e. The monoisotopic (exact) mass is 272 g/mol. The van der Waals surface area contributed by atoms with Gasteiger partial charge in [-0.05, 0) is 0 Å². The molecular formula is C6H12N2O10. The third-order valence-electron chi connectivity index (χ3n) is 2.34. The first-order chi connectivity index (χ1) is 8.07. The molecule has 0 amide bonds. The van der Waals surface area contributed by atoms with Gasteiger partial charge in [-0.15, -0.1) is 0 Å². The Morgan fingerprint density at radius 1 is 0.889 bits per heavy atom. The molecule has 0 heterocycles. The summed E-state index contributed by atoms with van der Waals surface area (Å²) >= 11 is 0. The van der Waals surface area contributed by atoms with Crippen molar-refractivity contribution in [2.24, 2.45) is 0 Å². The van der Waals surface area contributed by atoms with Crippen LogP contribution in [0.3, 0.4) is 0 Å². The SMILES string of the molecule is O=[N+]([O-])[C@@](O)(CO)[C@H](O)[C@@H](O)[C@](O)(CO)[N+](=O)[O-]. The van der Waals surface area contributed by atoms with Crippen LogP contribution >= 0.6 is 0 Å². The summed E-state index contributed by atoms with van der Waals surface area (Å²) in [5.41, 5.74) is -7.06. The molecule has 0 aliphatic heterocycles. The second-order valence-electron chi connectivity index (χ2n) is 3.48. The standard InChI is InChI=1S/C6H12N2O10/c9-1-5(13,7(15)16)3(11)4(12)6(14,2-10)8(17)18/h3-4,9-14H,1-2H2/t3-,4-,5-,6-/m1/s1. The molecule has 0 bridgehead atoms. The van der Waals surface area contributed by atoms with Crippen LogP contribution in [0.2, 0.25) is 0 Å². The fourth-order valence-corrected chi connectivity index (χ4v) is 1.02. The first-order valence-corrected chi connectivity index (χ1v) is 4.39. The fraction of sp³-hybridized carbons (Fsp3) is 1.00. The highest BCUT2D eigenvalue weighted by molar-refractivity contribution is 4.89. The van der Waals surface area contributed by atoms with Gasteiger partial charge in [0.1, 0.15) is 13.2 Å². The minimum absolute atomic E-state index is 1.60. The quantitative estimate of drug-likeness (QED) is 0.149. The highest BCUT2D eigenvalue weighted by atomic mass is 16.7. The Hall–Kier alpha value is -1.44. The Kier molecular flexibility index (Phi) is 5.03. The van der Waals surface area contributed by atoms with E-state index >= 15 is 0 Å². The molecule has 0 fully saturated rings. The van der Waals surface area contributed by atoms with E-state index in [1.165, 1.54) is 0 Å². The van der Waals surface area contributed by atoms with E-state index in [1.54, 1.807) is 0 Å². The van der Waals surface area contributed by atoms with Crippen LogP contribution in [0.25, 0.3) is 0 Å². The van der Waals surface area contributed by atoms with Crippen molar-refractivity contribution in [2.75, 3.05) is 13.2 Å². The fourth-order valence-electron chi connectivity index (χ4n) is 1.02. The Bertz CT molecular complexity index is 304. The third kappa shape index (κ3) is 2.53. The van der Waals surface area contributed by atoms with Crippen LogP contribution in [0.15, 0.2) is 0 Å². The lowest BCUT2D eigenvalue weighted by Crippen LogP contribution is -2.66. The summed E-state index contributed by atoms with van der Waals surface area (Å²) in [6.45, 7) is -3.37. The molecule has 106 valence electrons. The second kappa shape index (κ2) is 5.47. The van der Waals surface area contributed by atoms with Crippen molar-refractivity contribution in [3.05, 3.63) is 20.2 Å². The number of hydrogen-bond acceptors (Lipinski definition) is 10. The summed E-state index contributed by atoms with van der Waals surface area (Å²) in [4.78, 5) is 17.6.